The molecule has 1 saturated heterocycles. The number of nitrogens with zero attached hydrogens (tertiary/aromatic N) is 2. The minimum Gasteiger partial charge on any atom is -0.342 e. The summed E-state index contributed by atoms with van der Waals surface area (Å²) in [5, 5.41) is 2.65. The summed E-state index contributed by atoms with van der Waals surface area (Å²) in [5.74, 6) is -0.0186. The molecular formula is C23H28FN3O2. The largest absolute Gasteiger partial charge is 0.342 e. The highest BCUT2D eigenvalue weighted by Gasteiger charge is 2.24. The summed E-state index contributed by atoms with van der Waals surface area (Å²) in [6, 6.07) is 16.2. The zero-order valence-corrected chi connectivity index (χ0v) is 16.8. The number of rotatable bonds is 7. The average molecular weight is 397 g/mol. The third-order valence-corrected chi connectivity index (χ3v) is 5.26. The highest BCUT2D eigenvalue weighted by molar-refractivity contribution is 5.92. The number of hydrogen-bond donors (Lipinski definition) is 1. The molecular weight excluding hydrogens is 369 g/mol. The van der Waals surface area contributed by atoms with Crippen LogP contribution in [0.1, 0.15) is 18.4 Å². The molecule has 2 aromatic rings. The number of amides is 2. The Morgan fingerprint density at radius 2 is 1.79 bits per heavy atom. The first-order valence-corrected chi connectivity index (χ1v) is 10.1. The van der Waals surface area contributed by atoms with Gasteiger partial charge in [0.25, 0.3) is 0 Å². The molecule has 0 spiro atoms. The van der Waals surface area contributed by atoms with Crippen LogP contribution in [-0.4, -0.2) is 54.8 Å². The van der Waals surface area contributed by atoms with E-state index in [2.05, 4.69) is 29.6 Å². The molecule has 1 heterocycles. The second kappa shape index (κ2) is 10.2. The van der Waals surface area contributed by atoms with Gasteiger partial charge in [-0.1, -0.05) is 36.4 Å². The van der Waals surface area contributed by atoms with Crippen LogP contribution in [-0.2, 0) is 16.0 Å². The first-order chi connectivity index (χ1) is 14.0. The van der Waals surface area contributed by atoms with Crippen molar-refractivity contribution >= 4 is 17.5 Å². The molecule has 1 aliphatic rings. The van der Waals surface area contributed by atoms with Crippen molar-refractivity contribution in [2.45, 2.75) is 19.3 Å². The number of benzene rings is 2. The maximum atomic E-state index is 13.2. The van der Waals surface area contributed by atoms with Crippen LogP contribution in [0.25, 0.3) is 0 Å². The van der Waals surface area contributed by atoms with E-state index in [9.17, 15) is 14.0 Å². The maximum absolute atomic E-state index is 13.2. The molecule has 29 heavy (non-hydrogen) atoms. The second-order valence-corrected chi connectivity index (χ2v) is 7.74. The first kappa shape index (κ1) is 21.0. The molecule has 0 saturated carbocycles. The lowest BCUT2D eigenvalue weighted by Crippen LogP contribution is -2.44. The number of hydrogen-bond acceptors (Lipinski definition) is 3. The summed E-state index contributed by atoms with van der Waals surface area (Å²) < 4.78 is 13.2. The van der Waals surface area contributed by atoms with Crippen molar-refractivity contribution in [1.29, 1.82) is 0 Å². The van der Waals surface area contributed by atoms with Crippen LogP contribution >= 0.6 is 0 Å². The van der Waals surface area contributed by atoms with Crippen LogP contribution in [0.5, 0.6) is 0 Å². The smallest absolute Gasteiger partial charge is 0.238 e. The molecule has 2 aromatic carbocycles. The van der Waals surface area contributed by atoms with Crippen molar-refractivity contribution in [3.8, 4) is 0 Å². The van der Waals surface area contributed by atoms with E-state index in [1.807, 2.05) is 11.0 Å². The van der Waals surface area contributed by atoms with E-state index in [1.54, 1.807) is 24.1 Å². The lowest BCUT2D eigenvalue weighted by molar-refractivity contribution is -0.133. The van der Waals surface area contributed by atoms with Gasteiger partial charge in [0.2, 0.25) is 11.8 Å². The summed E-state index contributed by atoms with van der Waals surface area (Å²) in [7, 11) is 1.74. The molecule has 0 atom stereocenters. The predicted octanol–water partition coefficient (Wildman–Crippen LogP) is 3.18. The molecule has 0 aromatic heterocycles. The van der Waals surface area contributed by atoms with Crippen molar-refractivity contribution in [1.82, 2.24) is 9.80 Å². The van der Waals surface area contributed by atoms with E-state index >= 15 is 0 Å². The molecule has 0 unspecified atom stereocenters. The first-order valence-electron chi connectivity index (χ1n) is 10.1. The van der Waals surface area contributed by atoms with Crippen molar-refractivity contribution < 1.29 is 14.0 Å². The Balaban J connectivity index is 1.39. The van der Waals surface area contributed by atoms with Gasteiger partial charge in [-0.15, -0.1) is 0 Å². The van der Waals surface area contributed by atoms with Gasteiger partial charge in [-0.2, -0.15) is 0 Å². The molecule has 154 valence electrons. The summed E-state index contributed by atoms with van der Waals surface area (Å²) in [5.41, 5.74) is 1.76. The van der Waals surface area contributed by atoms with Crippen molar-refractivity contribution in [3.05, 3.63) is 66.0 Å². The topological polar surface area (TPSA) is 52.7 Å². The van der Waals surface area contributed by atoms with E-state index in [0.717, 1.165) is 32.4 Å². The quantitative estimate of drug-likeness (QED) is 0.781. The van der Waals surface area contributed by atoms with Gasteiger partial charge in [0.15, 0.2) is 0 Å². The maximum Gasteiger partial charge on any atom is 0.238 e. The van der Waals surface area contributed by atoms with E-state index in [0.29, 0.717) is 11.6 Å². The molecule has 3 rings (SSSR count). The molecule has 0 radical (unpaired) electrons. The summed E-state index contributed by atoms with van der Waals surface area (Å²) >= 11 is 0. The SMILES string of the molecule is CN(CC(=O)Nc1cccc(F)c1)CC(=O)N1CCC(Cc2ccccc2)CC1. The lowest BCUT2D eigenvalue weighted by atomic mass is 9.90. The van der Waals surface area contributed by atoms with Gasteiger partial charge in [0.05, 0.1) is 13.1 Å². The number of halogens is 1. The summed E-state index contributed by atoms with van der Waals surface area (Å²) in [6.07, 6.45) is 3.07. The van der Waals surface area contributed by atoms with Crippen LogP contribution < -0.4 is 5.32 Å². The Hall–Kier alpha value is -2.73. The van der Waals surface area contributed by atoms with Gasteiger partial charge in [-0.05, 0) is 56.0 Å². The van der Waals surface area contributed by atoms with Crippen LogP contribution in [0, 0.1) is 11.7 Å². The normalized spacial score (nSPS) is 14.8. The average Bonchev–Trinajstić information content (AvgIpc) is 2.69. The van der Waals surface area contributed by atoms with Gasteiger partial charge < -0.3 is 10.2 Å². The van der Waals surface area contributed by atoms with Gasteiger partial charge in [0.1, 0.15) is 5.82 Å². The zero-order valence-electron chi connectivity index (χ0n) is 16.8. The fourth-order valence-corrected chi connectivity index (χ4v) is 3.73. The predicted molar refractivity (Wildman–Crippen MR) is 112 cm³/mol. The van der Waals surface area contributed by atoms with Gasteiger partial charge in [-0.25, -0.2) is 4.39 Å². The van der Waals surface area contributed by atoms with Gasteiger partial charge in [-0.3, -0.25) is 14.5 Å². The van der Waals surface area contributed by atoms with E-state index in [4.69, 9.17) is 0 Å². The molecule has 2 amide bonds. The molecule has 1 aliphatic heterocycles. The Morgan fingerprint density at radius 1 is 1.07 bits per heavy atom. The van der Waals surface area contributed by atoms with E-state index < -0.39 is 5.82 Å². The fraction of sp³-hybridized carbons (Fsp3) is 0.391. The molecule has 6 heteroatoms. The van der Waals surface area contributed by atoms with E-state index in [-0.39, 0.29) is 24.9 Å². The van der Waals surface area contributed by atoms with Crippen molar-refractivity contribution in [3.63, 3.8) is 0 Å². The van der Waals surface area contributed by atoms with Gasteiger partial charge in [0, 0.05) is 18.8 Å². The van der Waals surface area contributed by atoms with Crippen molar-refractivity contribution in [2.75, 3.05) is 38.5 Å². The van der Waals surface area contributed by atoms with Crippen molar-refractivity contribution in [2.24, 2.45) is 5.92 Å². The molecule has 5 nitrogen and oxygen atoms in total. The minimum absolute atomic E-state index is 0.0456. The molecule has 0 bridgehead atoms. The Kier molecular flexibility index (Phi) is 7.36. The summed E-state index contributed by atoms with van der Waals surface area (Å²) in [6.45, 7) is 1.80. The van der Waals surface area contributed by atoms with Crippen LogP contribution in [0.2, 0.25) is 0 Å². The molecule has 1 fully saturated rings. The zero-order chi connectivity index (χ0) is 20.6. The lowest BCUT2D eigenvalue weighted by Gasteiger charge is -2.33. The standard InChI is InChI=1S/C23H28FN3O2/c1-26(16-22(28)25-21-9-5-8-20(24)15-21)17-23(29)27-12-10-19(11-13-27)14-18-6-3-2-4-7-18/h2-9,15,19H,10-14,16-17H2,1H3,(H,25,28). The number of anilines is 1. The fourth-order valence-electron chi connectivity index (χ4n) is 3.73. The third kappa shape index (κ3) is 6.68. The van der Waals surface area contributed by atoms with Crippen LogP contribution in [0.4, 0.5) is 10.1 Å². The second-order valence-electron chi connectivity index (χ2n) is 7.74. The number of carbonyl (C=O) groups excluding carboxylic acids is 2. The molecule has 0 aliphatic carbocycles. The molecule has 1 N–H and O–H groups in total. The van der Waals surface area contributed by atoms with Crippen LogP contribution in [0.3, 0.4) is 0 Å². The third-order valence-electron chi connectivity index (χ3n) is 5.26. The Morgan fingerprint density at radius 3 is 2.48 bits per heavy atom. The number of carbonyl (C=O) groups is 2. The Labute approximate surface area is 171 Å². The summed E-state index contributed by atoms with van der Waals surface area (Å²) in [4.78, 5) is 28.2. The van der Waals surface area contributed by atoms with E-state index in [1.165, 1.54) is 17.7 Å². The highest BCUT2D eigenvalue weighted by atomic mass is 19.1. The monoisotopic (exact) mass is 397 g/mol. The number of nitrogens with one attached hydrogen (secondary N) is 1. The highest BCUT2D eigenvalue weighted by Crippen LogP contribution is 2.21. The number of likely N-dealkylation sites (tertiary alicyclic amines) is 1. The van der Waals surface area contributed by atoms with Gasteiger partial charge >= 0.3 is 0 Å². The minimum atomic E-state index is -0.401. The van der Waals surface area contributed by atoms with Crippen LogP contribution in [0.15, 0.2) is 54.6 Å². The Bertz CT molecular complexity index is 820. The number of piperidine rings is 1. The number of likely N-dealkylation sites (N-methyl/N-ethyl adjacent to an activating group) is 1.